The predicted molar refractivity (Wildman–Crippen MR) is 143 cm³/mol. The number of thiophene rings is 1. The fourth-order valence-corrected chi connectivity index (χ4v) is 5.00. The summed E-state index contributed by atoms with van der Waals surface area (Å²) in [5, 5.41) is 14.7. The Morgan fingerprint density at radius 2 is 1.92 bits per heavy atom. The lowest BCUT2D eigenvalue weighted by molar-refractivity contribution is 0.0902. The van der Waals surface area contributed by atoms with E-state index in [0.717, 1.165) is 16.5 Å². The largest absolute Gasteiger partial charge is 0.493 e. The molecular formula is C28H28N2O6S. The van der Waals surface area contributed by atoms with Gasteiger partial charge in [-0.25, -0.2) is 4.98 Å². The number of Topliss-reactive ketones (excluding diaryl/α,β-unsaturated/α-hetero) is 1. The van der Waals surface area contributed by atoms with Crippen LogP contribution in [0, 0.1) is 6.92 Å². The average molecular weight is 521 g/mol. The minimum Gasteiger partial charge on any atom is -0.493 e. The Morgan fingerprint density at radius 3 is 2.68 bits per heavy atom. The van der Waals surface area contributed by atoms with Crippen molar-refractivity contribution in [3.05, 3.63) is 76.3 Å². The van der Waals surface area contributed by atoms with Crippen LogP contribution >= 0.6 is 11.3 Å². The molecule has 2 N–H and O–H groups in total. The average Bonchev–Trinajstić information content (AvgIpc) is 3.36. The van der Waals surface area contributed by atoms with Gasteiger partial charge >= 0.3 is 0 Å². The number of nitrogens with zero attached hydrogens (tertiary/aromatic N) is 1. The Balaban J connectivity index is 1.54. The lowest BCUT2D eigenvalue weighted by Crippen LogP contribution is -2.30. The Hall–Kier alpha value is -3.79. The summed E-state index contributed by atoms with van der Waals surface area (Å²) in [6, 6.07) is 14.3. The molecule has 2 aromatic heterocycles. The van der Waals surface area contributed by atoms with Gasteiger partial charge in [0.25, 0.3) is 5.91 Å². The summed E-state index contributed by atoms with van der Waals surface area (Å²) >= 11 is 1.64. The SMILES string of the molecule is COCc1ccc(C(=O)CNC(=O)c2ccc(OCCO)c(OC)c2)nc1-c1csc2c(C)cccc12. The zero-order chi connectivity index (χ0) is 26.4. The second-order valence-electron chi connectivity index (χ2n) is 8.28. The van der Waals surface area contributed by atoms with Gasteiger partial charge in [-0.15, -0.1) is 11.3 Å². The van der Waals surface area contributed by atoms with Gasteiger partial charge in [-0.1, -0.05) is 24.3 Å². The third-order valence-electron chi connectivity index (χ3n) is 5.80. The molecule has 4 rings (SSSR count). The monoisotopic (exact) mass is 520 g/mol. The van der Waals surface area contributed by atoms with Gasteiger partial charge in [0.05, 0.1) is 32.6 Å². The zero-order valence-corrected chi connectivity index (χ0v) is 21.7. The van der Waals surface area contributed by atoms with Crippen LogP contribution in [-0.2, 0) is 11.3 Å². The van der Waals surface area contributed by atoms with Crippen LogP contribution in [0.5, 0.6) is 11.5 Å². The number of aliphatic hydroxyl groups is 1. The second-order valence-corrected chi connectivity index (χ2v) is 9.16. The molecule has 0 bridgehead atoms. The standard InChI is InChI=1S/C28H28N2O6S/c1-17-5-4-6-20-21(16-37-27(17)20)26-19(15-34-2)7-9-22(30-26)23(32)14-29-28(33)18-8-10-24(36-12-11-31)25(13-18)35-3/h4-10,13,16,31H,11-12,14-15H2,1-3H3,(H,29,33). The highest BCUT2D eigenvalue weighted by Crippen LogP contribution is 2.36. The molecule has 0 atom stereocenters. The number of ether oxygens (including phenoxy) is 3. The number of fused-ring (bicyclic) bond motifs is 1. The van der Waals surface area contributed by atoms with Crippen molar-refractivity contribution in [3.8, 4) is 22.8 Å². The van der Waals surface area contributed by atoms with Crippen LogP contribution in [-0.4, -0.2) is 55.8 Å². The summed E-state index contributed by atoms with van der Waals surface area (Å²) in [5.41, 5.74) is 4.27. The number of carbonyl (C=O) groups excluding carboxylic acids is 2. The van der Waals surface area contributed by atoms with Gasteiger partial charge in [0, 0.05) is 39.3 Å². The highest BCUT2D eigenvalue weighted by Gasteiger charge is 2.18. The first-order valence-corrected chi connectivity index (χ1v) is 12.5. The number of aliphatic hydroxyl groups excluding tert-OH is 1. The van der Waals surface area contributed by atoms with E-state index in [-0.39, 0.29) is 31.2 Å². The molecule has 192 valence electrons. The Bertz CT molecular complexity index is 1430. The van der Waals surface area contributed by atoms with Crippen molar-refractivity contribution < 1.29 is 28.9 Å². The number of rotatable bonds is 11. The van der Waals surface area contributed by atoms with Gasteiger partial charge in [-0.3, -0.25) is 9.59 Å². The van der Waals surface area contributed by atoms with E-state index < -0.39 is 5.91 Å². The Labute approximate surface area is 218 Å². The van der Waals surface area contributed by atoms with E-state index in [2.05, 4.69) is 29.8 Å². The topological polar surface area (TPSA) is 107 Å². The van der Waals surface area contributed by atoms with Crippen LogP contribution in [0.25, 0.3) is 21.3 Å². The van der Waals surface area contributed by atoms with Gasteiger partial charge in [0.15, 0.2) is 17.3 Å². The maximum absolute atomic E-state index is 13.0. The van der Waals surface area contributed by atoms with Crippen molar-refractivity contribution in [1.29, 1.82) is 0 Å². The number of methoxy groups -OCH3 is 2. The number of benzene rings is 2. The maximum Gasteiger partial charge on any atom is 0.251 e. The lowest BCUT2D eigenvalue weighted by atomic mass is 10.0. The van der Waals surface area contributed by atoms with Crippen molar-refractivity contribution in [3.63, 3.8) is 0 Å². The van der Waals surface area contributed by atoms with Crippen LogP contribution in [0.4, 0.5) is 0 Å². The first-order valence-electron chi connectivity index (χ1n) is 11.7. The zero-order valence-electron chi connectivity index (χ0n) is 20.9. The smallest absolute Gasteiger partial charge is 0.251 e. The number of nitrogens with one attached hydrogen (secondary N) is 1. The van der Waals surface area contributed by atoms with Gasteiger partial charge in [0.2, 0.25) is 0 Å². The van der Waals surface area contributed by atoms with Gasteiger partial charge in [-0.05, 0) is 36.8 Å². The Kier molecular flexibility index (Phi) is 8.50. The molecular weight excluding hydrogens is 492 g/mol. The molecule has 0 saturated heterocycles. The molecule has 4 aromatic rings. The predicted octanol–water partition coefficient (Wildman–Crippen LogP) is 4.41. The molecule has 0 aliphatic heterocycles. The maximum atomic E-state index is 13.0. The van der Waals surface area contributed by atoms with Crippen molar-refractivity contribution >= 4 is 33.1 Å². The molecule has 9 heteroatoms. The first-order chi connectivity index (χ1) is 18.0. The second kappa shape index (κ2) is 12.0. The minimum atomic E-state index is -0.434. The summed E-state index contributed by atoms with van der Waals surface area (Å²) in [7, 11) is 3.08. The van der Waals surface area contributed by atoms with Gasteiger partial charge < -0.3 is 24.6 Å². The fourth-order valence-electron chi connectivity index (χ4n) is 3.97. The number of hydrogen-bond acceptors (Lipinski definition) is 8. The molecule has 0 saturated carbocycles. The molecule has 8 nitrogen and oxygen atoms in total. The molecule has 2 aromatic carbocycles. The highest BCUT2D eigenvalue weighted by molar-refractivity contribution is 7.18. The van der Waals surface area contributed by atoms with E-state index in [1.807, 2.05) is 12.1 Å². The van der Waals surface area contributed by atoms with E-state index in [0.29, 0.717) is 29.4 Å². The molecule has 0 unspecified atom stereocenters. The molecule has 1 amide bonds. The highest BCUT2D eigenvalue weighted by atomic mass is 32.1. The van der Waals surface area contributed by atoms with Crippen LogP contribution in [0.15, 0.2) is 53.9 Å². The molecule has 0 spiro atoms. The number of aromatic nitrogens is 1. The molecule has 0 aliphatic rings. The number of ketones is 1. The summed E-state index contributed by atoms with van der Waals surface area (Å²) in [6.45, 7) is 2.17. The summed E-state index contributed by atoms with van der Waals surface area (Å²) in [4.78, 5) is 30.4. The van der Waals surface area contributed by atoms with Crippen molar-refractivity contribution in [2.45, 2.75) is 13.5 Å². The molecule has 2 heterocycles. The van der Waals surface area contributed by atoms with Gasteiger partial charge in [0.1, 0.15) is 12.3 Å². The third kappa shape index (κ3) is 5.80. The summed E-state index contributed by atoms with van der Waals surface area (Å²) in [6.07, 6.45) is 0. The number of aryl methyl sites for hydroxylation is 1. The molecule has 0 radical (unpaired) electrons. The quantitative estimate of drug-likeness (QED) is 0.282. The first kappa shape index (κ1) is 26.3. The fraction of sp³-hybridized carbons (Fsp3) is 0.250. The number of hydrogen-bond donors (Lipinski definition) is 2. The number of amides is 1. The van der Waals surface area contributed by atoms with Gasteiger partial charge in [-0.2, -0.15) is 0 Å². The molecule has 0 aliphatic carbocycles. The van der Waals surface area contributed by atoms with E-state index >= 15 is 0 Å². The molecule has 0 fully saturated rings. The lowest BCUT2D eigenvalue weighted by Gasteiger charge is -2.12. The molecule has 37 heavy (non-hydrogen) atoms. The summed E-state index contributed by atoms with van der Waals surface area (Å²) < 4.78 is 17.2. The van der Waals surface area contributed by atoms with E-state index in [1.165, 1.54) is 23.4 Å². The van der Waals surface area contributed by atoms with Crippen molar-refractivity contribution in [2.75, 3.05) is 34.0 Å². The minimum absolute atomic E-state index is 0.106. The summed E-state index contributed by atoms with van der Waals surface area (Å²) in [5.74, 6) is 0.0129. The van der Waals surface area contributed by atoms with Crippen LogP contribution in [0.1, 0.15) is 32.0 Å². The van der Waals surface area contributed by atoms with Crippen molar-refractivity contribution in [2.24, 2.45) is 0 Å². The van der Waals surface area contributed by atoms with E-state index in [4.69, 9.17) is 24.3 Å². The van der Waals surface area contributed by atoms with E-state index in [9.17, 15) is 9.59 Å². The van der Waals surface area contributed by atoms with Crippen LogP contribution < -0.4 is 14.8 Å². The van der Waals surface area contributed by atoms with Crippen LogP contribution in [0.3, 0.4) is 0 Å². The Morgan fingerprint density at radius 1 is 1.08 bits per heavy atom. The van der Waals surface area contributed by atoms with Crippen molar-refractivity contribution in [1.82, 2.24) is 10.3 Å². The number of pyridine rings is 1. The van der Waals surface area contributed by atoms with Crippen LogP contribution in [0.2, 0.25) is 0 Å². The third-order valence-corrected chi connectivity index (χ3v) is 6.93. The normalized spacial score (nSPS) is 10.9. The van der Waals surface area contributed by atoms with E-state index in [1.54, 1.807) is 36.6 Å². The number of carbonyl (C=O) groups is 2.